The van der Waals surface area contributed by atoms with Gasteiger partial charge in [-0.15, -0.1) is 12.4 Å². The van der Waals surface area contributed by atoms with Gasteiger partial charge in [0.2, 0.25) is 5.91 Å². The number of carbonyl (C=O) groups is 1. The van der Waals surface area contributed by atoms with E-state index in [1.54, 1.807) is 0 Å². The van der Waals surface area contributed by atoms with E-state index in [0.717, 1.165) is 29.0 Å². The molecule has 1 amide bonds. The van der Waals surface area contributed by atoms with Crippen molar-refractivity contribution < 1.29 is 9.53 Å². The van der Waals surface area contributed by atoms with Crippen LogP contribution in [0.2, 0.25) is 0 Å². The molecule has 2 aliphatic rings. The summed E-state index contributed by atoms with van der Waals surface area (Å²) in [6.07, 6.45) is 1.02. The number of anilines is 1. The average molecular weight is 311 g/mol. The van der Waals surface area contributed by atoms with Gasteiger partial charge in [-0.2, -0.15) is 0 Å². The smallest absolute Gasteiger partial charge is 0.234 e. The Morgan fingerprint density at radius 1 is 1.43 bits per heavy atom. The van der Waals surface area contributed by atoms with Gasteiger partial charge in [0, 0.05) is 23.6 Å². The maximum absolute atomic E-state index is 12.2. The first-order valence-electron chi connectivity index (χ1n) is 7.28. The Hall–Kier alpha value is -1.26. The van der Waals surface area contributed by atoms with Crippen molar-refractivity contribution >= 4 is 24.0 Å². The van der Waals surface area contributed by atoms with Gasteiger partial charge in [0.15, 0.2) is 0 Å². The third-order valence-electron chi connectivity index (χ3n) is 4.73. The first kappa shape index (κ1) is 16.1. The van der Waals surface area contributed by atoms with E-state index in [1.165, 1.54) is 5.56 Å². The molecule has 1 aromatic carbocycles. The van der Waals surface area contributed by atoms with Crippen LogP contribution in [0, 0.1) is 6.92 Å². The highest BCUT2D eigenvalue weighted by Crippen LogP contribution is 2.52. The molecule has 116 valence electrons. The number of aryl methyl sites for hydroxylation is 1. The second-order valence-corrected chi connectivity index (χ2v) is 6.35. The topological polar surface area (TPSA) is 64.3 Å². The lowest BCUT2D eigenvalue weighted by Crippen LogP contribution is -2.29. The Balaban J connectivity index is 0.00000161. The lowest BCUT2D eigenvalue weighted by molar-refractivity contribution is -0.119. The molecule has 0 unspecified atom stereocenters. The Labute approximate surface area is 131 Å². The highest BCUT2D eigenvalue weighted by Gasteiger charge is 2.46. The molecule has 0 aliphatic carbocycles. The summed E-state index contributed by atoms with van der Waals surface area (Å²) in [5, 5.41) is 3.00. The minimum atomic E-state index is -0.548. The fourth-order valence-electron chi connectivity index (χ4n) is 3.50. The van der Waals surface area contributed by atoms with Crippen LogP contribution in [0.1, 0.15) is 49.8 Å². The summed E-state index contributed by atoms with van der Waals surface area (Å²) in [5.74, 6) is 1.25. The zero-order valence-corrected chi connectivity index (χ0v) is 13.8. The number of hydrogen-bond donors (Lipinski definition) is 2. The third-order valence-corrected chi connectivity index (χ3v) is 4.73. The molecule has 3 rings (SSSR count). The SMILES string of the molecule is CC[C@@H]1c2cc(C)c3c(c2O[C@H]1CN)C(C)(C)C(=O)N3.Cl. The van der Waals surface area contributed by atoms with E-state index in [4.69, 9.17) is 10.5 Å². The largest absolute Gasteiger partial charge is 0.488 e. The molecular formula is C16H23ClN2O2. The Morgan fingerprint density at radius 2 is 2.10 bits per heavy atom. The van der Waals surface area contributed by atoms with E-state index in [1.807, 2.05) is 20.8 Å². The number of fused-ring (bicyclic) bond motifs is 3. The molecule has 2 aliphatic heterocycles. The maximum atomic E-state index is 12.2. The lowest BCUT2D eigenvalue weighted by Gasteiger charge is -2.19. The second kappa shape index (κ2) is 5.18. The summed E-state index contributed by atoms with van der Waals surface area (Å²) in [5.41, 5.74) is 9.55. The molecule has 3 N–H and O–H groups in total. The molecule has 1 aromatic rings. The van der Waals surface area contributed by atoms with Crippen LogP contribution in [0.5, 0.6) is 5.75 Å². The van der Waals surface area contributed by atoms with Crippen molar-refractivity contribution in [1.82, 2.24) is 0 Å². The molecule has 0 saturated heterocycles. The first-order valence-corrected chi connectivity index (χ1v) is 7.28. The highest BCUT2D eigenvalue weighted by molar-refractivity contribution is 6.07. The summed E-state index contributed by atoms with van der Waals surface area (Å²) >= 11 is 0. The zero-order valence-electron chi connectivity index (χ0n) is 12.9. The molecule has 21 heavy (non-hydrogen) atoms. The molecule has 0 bridgehead atoms. The van der Waals surface area contributed by atoms with Crippen LogP contribution >= 0.6 is 12.4 Å². The number of amides is 1. The van der Waals surface area contributed by atoms with Gasteiger partial charge in [-0.05, 0) is 38.8 Å². The molecule has 0 spiro atoms. The van der Waals surface area contributed by atoms with E-state index in [2.05, 4.69) is 18.3 Å². The summed E-state index contributed by atoms with van der Waals surface area (Å²) in [4.78, 5) is 12.2. The van der Waals surface area contributed by atoms with Gasteiger partial charge < -0.3 is 15.8 Å². The quantitative estimate of drug-likeness (QED) is 0.883. The van der Waals surface area contributed by atoms with E-state index in [-0.39, 0.29) is 24.4 Å². The molecular weight excluding hydrogens is 288 g/mol. The van der Waals surface area contributed by atoms with Crippen LogP contribution in [0.3, 0.4) is 0 Å². The van der Waals surface area contributed by atoms with Crippen molar-refractivity contribution in [1.29, 1.82) is 0 Å². The van der Waals surface area contributed by atoms with Gasteiger partial charge >= 0.3 is 0 Å². The first-order chi connectivity index (χ1) is 9.41. The number of benzene rings is 1. The average Bonchev–Trinajstić information content (AvgIpc) is 2.86. The number of ether oxygens (including phenoxy) is 1. The summed E-state index contributed by atoms with van der Waals surface area (Å²) in [6.45, 7) is 8.61. The molecule has 0 aromatic heterocycles. The van der Waals surface area contributed by atoms with Gasteiger partial charge in [0.05, 0.1) is 11.1 Å². The normalized spacial score (nSPS) is 24.7. The van der Waals surface area contributed by atoms with E-state index in [9.17, 15) is 4.79 Å². The minimum Gasteiger partial charge on any atom is -0.488 e. The molecule has 0 radical (unpaired) electrons. The summed E-state index contributed by atoms with van der Waals surface area (Å²) in [6, 6.07) is 2.15. The number of nitrogens with two attached hydrogens (primary N) is 1. The van der Waals surface area contributed by atoms with Crippen LogP contribution in [0.15, 0.2) is 6.07 Å². The van der Waals surface area contributed by atoms with Gasteiger partial charge in [-0.3, -0.25) is 4.79 Å². The molecule has 2 heterocycles. The van der Waals surface area contributed by atoms with Crippen molar-refractivity contribution in [3.05, 3.63) is 22.8 Å². The monoisotopic (exact) mass is 310 g/mol. The number of rotatable bonds is 2. The standard InChI is InChI=1S/C16H22N2O2.ClH/c1-5-9-10-6-8(2)13-12(14(10)20-11(9)7-17)16(3,4)15(19)18-13;/h6,9,11H,5,7,17H2,1-4H3,(H,18,19);1H/t9-,11+;/m1./s1. The van der Waals surface area contributed by atoms with Crippen molar-refractivity contribution in [2.75, 3.05) is 11.9 Å². The number of nitrogens with one attached hydrogen (secondary N) is 1. The van der Waals surface area contributed by atoms with Crippen LogP contribution in [0.4, 0.5) is 5.69 Å². The van der Waals surface area contributed by atoms with Crippen LogP contribution in [-0.4, -0.2) is 18.6 Å². The zero-order chi connectivity index (χ0) is 14.7. The fourth-order valence-corrected chi connectivity index (χ4v) is 3.50. The number of halogens is 1. The highest BCUT2D eigenvalue weighted by atomic mass is 35.5. The van der Waals surface area contributed by atoms with Gasteiger partial charge in [0.25, 0.3) is 0 Å². The Morgan fingerprint density at radius 3 is 2.67 bits per heavy atom. The predicted octanol–water partition coefficient (Wildman–Crippen LogP) is 2.86. The summed E-state index contributed by atoms with van der Waals surface area (Å²) < 4.78 is 6.12. The van der Waals surface area contributed by atoms with E-state index in [0.29, 0.717) is 12.5 Å². The van der Waals surface area contributed by atoms with Crippen molar-refractivity contribution in [2.45, 2.75) is 51.6 Å². The molecule has 0 saturated carbocycles. The fraction of sp³-hybridized carbons (Fsp3) is 0.562. The number of hydrogen-bond acceptors (Lipinski definition) is 3. The Bertz CT molecular complexity index is 598. The minimum absolute atomic E-state index is 0. The summed E-state index contributed by atoms with van der Waals surface area (Å²) in [7, 11) is 0. The molecule has 0 fully saturated rings. The Kier molecular flexibility index (Phi) is 3.98. The van der Waals surface area contributed by atoms with Gasteiger partial charge in [-0.25, -0.2) is 0 Å². The maximum Gasteiger partial charge on any atom is 0.234 e. The van der Waals surface area contributed by atoms with Crippen LogP contribution < -0.4 is 15.8 Å². The predicted molar refractivity (Wildman–Crippen MR) is 86.6 cm³/mol. The van der Waals surface area contributed by atoms with Gasteiger partial charge in [-0.1, -0.05) is 6.92 Å². The van der Waals surface area contributed by atoms with E-state index < -0.39 is 5.41 Å². The van der Waals surface area contributed by atoms with E-state index >= 15 is 0 Å². The van der Waals surface area contributed by atoms with Crippen molar-refractivity contribution in [2.24, 2.45) is 5.73 Å². The third kappa shape index (κ3) is 2.04. The molecule has 4 nitrogen and oxygen atoms in total. The van der Waals surface area contributed by atoms with Crippen molar-refractivity contribution in [3.63, 3.8) is 0 Å². The molecule has 5 heteroatoms. The number of carbonyl (C=O) groups excluding carboxylic acids is 1. The van der Waals surface area contributed by atoms with Crippen LogP contribution in [-0.2, 0) is 10.2 Å². The van der Waals surface area contributed by atoms with Crippen LogP contribution in [0.25, 0.3) is 0 Å². The second-order valence-electron chi connectivity index (χ2n) is 6.35. The van der Waals surface area contributed by atoms with Gasteiger partial charge in [0.1, 0.15) is 11.9 Å². The molecule has 2 atom stereocenters. The van der Waals surface area contributed by atoms with Crippen molar-refractivity contribution in [3.8, 4) is 5.75 Å². The lowest BCUT2D eigenvalue weighted by atomic mass is 9.81.